The maximum Gasteiger partial charge on any atom is 0.270 e. The fourth-order valence-electron chi connectivity index (χ4n) is 2.53. The van der Waals surface area contributed by atoms with Crippen LogP contribution in [0.15, 0.2) is 30.3 Å². The minimum atomic E-state index is -0.0357. The molecule has 0 radical (unpaired) electrons. The van der Waals surface area contributed by atoms with Crippen LogP contribution < -0.4 is 4.90 Å². The van der Waals surface area contributed by atoms with Gasteiger partial charge in [-0.1, -0.05) is 29.0 Å². The predicted octanol–water partition coefficient (Wildman–Crippen LogP) is 4.92. The monoisotopic (exact) mass is 393 g/mol. The van der Waals surface area contributed by atoms with E-state index in [9.17, 15) is 4.79 Å². The Labute approximate surface area is 160 Å². The van der Waals surface area contributed by atoms with Gasteiger partial charge in [0.25, 0.3) is 5.91 Å². The Morgan fingerprint density at radius 2 is 1.96 bits per heavy atom. The molecule has 2 aromatic heterocycles. The van der Waals surface area contributed by atoms with E-state index in [2.05, 4.69) is 22.9 Å². The average molecular weight is 394 g/mol. The van der Waals surface area contributed by atoms with Gasteiger partial charge in [0.05, 0.1) is 19.4 Å². The zero-order valence-electron chi connectivity index (χ0n) is 14.5. The molecule has 0 aliphatic rings. The molecule has 0 spiro atoms. The fourth-order valence-corrected chi connectivity index (χ4v) is 4.61. The topological polar surface area (TPSA) is 36.4 Å². The van der Waals surface area contributed by atoms with Crippen molar-refractivity contribution in [1.29, 1.82) is 0 Å². The summed E-state index contributed by atoms with van der Waals surface area (Å²) in [7, 11) is 4.07. The summed E-state index contributed by atoms with van der Waals surface area (Å²) >= 11 is 8.88. The molecule has 0 aliphatic heterocycles. The van der Waals surface area contributed by atoms with E-state index in [0.29, 0.717) is 15.8 Å². The summed E-state index contributed by atoms with van der Waals surface area (Å²) in [6.45, 7) is 3.61. The summed E-state index contributed by atoms with van der Waals surface area (Å²) in [5, 5.41) is 0.744. The van der Waals surface area contributed by atoms with E-state index < -0.39 is 0 Å². The number of fused-ring (bicyclic) bond motifs is 1. The number of aryl methyl sites for hydroxylation is 1. The first-order valence-electron chi connectivity index (χ1n) is 8.03. The minimum Gasteiger partial charge on any atom is -0.309 e. The van der Waals surface area contributed by atoms with Crippen LogP contribution in [0.25, 0.3) is 10.2 Å². The Kier molecular flexibility index (Phi) is 5.74. The normalized spacial score (nSPS) is 11.4. The van der Waals surface area contributed by atoms with Crippen LogP contribution in [-0.2, 0) is 0 Å². The summed E-state index contributed by atoms with van der Waals surface area (Å²) in [6, 6.07) is 9.71. The first kappa shape index (κ1) is 18.3. The van der Waals surface area contributed by atoms with Crippen LogP contribution in [0.2, 0.25) is 4.34 Å². The summed E-state index contributed by atoms with van der Waals surface area (Å²) in [6.07, 6.45) is 0.882. The second-order valence-electron chi connectivity index (χ2n) is 6.18. The number of nitrogens with zero attached hydrogens (tertiary/aromatic N) is 3. The van der Waals surface area contributed by atoms with E-state index in [4.69, 9.17) is 11.6 Å². The first-order valence-corrected chi connectivity index (χ1v) is 10.0. The lowest BCUT2D eigenvalue weighted by Gasteiger charge is -2.20. The zero-order chi connectivity index (χ0) is 18.0. The molecule has 2 heterocycles. The summed E-state index contributed by atoms with van der Waals surface area (Å²) in [5.41, 5.74) is 2.12. The van der Waals surface area contributed by atoms with Crippen molar-refractivity contribution in [3.63, 3.8) is 0 Å². The molecule has 0 bridgehead atoms. The molecule has 4 nitrogen and oxygen atoms in total. The van der Waals surface area contributed by atoms with Crippen molar-refractivity contribution in [2.45, 2.75) is 13.3 Å². The molecule has 7 heteroatoms. The second-order valence-corrected chi connectivity index (χ2v) is 8.91. The van der Waals surface area contributed by atoms with Crippen molar-refractivity contribution in [3.05, 3.63) is 45.1 Å². The number of aromatic nitrogens is 1. The lowest BCUT2D eigenvalue weighted by atomic mass is 10.2. The Morgan fingerprint density at radius 1 is 1.16 bits per heavy atom. The number of amides is 1. The molecule has 1 amide bonds. The number of anilines is 1. The van der Waals surface area contributed by atoms with Crippen LogP contribution in [0.5, 0.6) is 0 Å². The third-order valence-corrected chi connectivity index (χ3v) is 6.04. The van der Waals surface area contributed by atoms with Gasteiger partial charge in [0.15, 0.2) is 5.13 Å². The largest absolute Gasteiger partial charge is 0.309 e. The number of hydrogen-bond donors (Lipinski definition) is 0. The Bertz CT molecular complexity index is 887. The predicted molar refractivity (Wildman–Crippen MR) is 109 cm³/mol. The first-order chi connectivity index (χ1) is 11.9. The molecule has 3 rings (SSSR count). The molecule has 25 heavy (non-hydrogen) atoms. The van der Waals surface area contributed by atoms with Gasteiger partial charge in [-0.2, -0.15) is 0 Å². The van der Waals surface area contributed by atoms with Gasteiger partial charge in [-0.05, 0) is 63.8 Å². The van der Waals surface area contributed by atoms with E-state index >= 15 is 0 Å². The van der Waals surface area contributed by atoms with Gasteiger partial charge in [0.2, 0.25) is 0 Å². The summed E-state index contributed by atoms with van der Waals surface area (Å²) < 4.78 is 1.72. The molecule has 0 atom stereocenters. The van der Waals surface area contributed by atoms with Gasteiger partial charge < -0.3 is 4.90 Å². The molecule has 3 aromatic rings. The third kappa shape index (κ3) is 4.39. The molecular formula is C18H20ClN3OS2. The van der Waals surface area contributed by atoms with E-state index in [1.807, 2.05) is 26.2 Å². The van der Waals surface area contributed by atoms with Crippen LogP contribution in [0.1, 0.15) is 21.7 Å². The molecule has 0 fully saturated rings. The number of halogens is 1. The Hall–Kier alpha value is -1.47. The van der Waals surface area contributed by atoms with Crippen molar-refractivity contribution in [3.8, 4) is 0 Å². The van der Waals surface area contributed by atoms with Gasteiger partial charge in [-0.25, -0.2) is 4.98 Å². The molecular weight excluding hydrogens is 374 g/mol. The molecule has 0 saturated heterocycles. The molecule has 1 aromatic carbocycles. The Morgan fingerprint density at radius 3 is 2.64 bits per heavy atom. The van der Waals surface area contributed by atoms with Crippen molar-refractivity contribution in [2.75, 3.05) is 32.1 Å². The zero-order valence-corrected chi connectivity index (χ0v) is 16.8. The van der Waals surface area contributed by atoms with Crippen LogP contribution in [0.4, 0.5) is 5.13 Å². The van der Waals surface area contributed by atoms with Crippen molar-refractivity contribution >= 4 is 55.5 Å². The summed E-state index contributed by atoms with van der Waals surface area (Å²) in [4.78, 5) is 22.2. The Balaban J connectivity index is 1.92. The van der Waals surface area contributed by atoms with Gasteiger partial charge in [-0.3, -0.25) is 9.69 Å². The van der Waals surface area contributed by atoms with Crippen molar-refractivity contribution in [2.24, 2.45) is 0 Å². The molecule has 0 unspecified atom stereocenters. The lowest BCUT2D eigenvalue weighted by Crippen LogP contribution is -2.32. The highest BCUT2D eigenvalue weighted by Gasteiger charge is 2.22. The molecule has 0 aliphatic carbocycles. The number of benzene rings is 1. The quantitative estimate of drug-likeness (QED) is 0.596. The van der Waals surface area contributed by atoms with Crippen LogP contribution in [0.3, 0.4) is 0 Å². The smallest absolute Gasteiger partial charge is 0.270 e. The highest BCUT2D eigenvalue weighted by atomic mass is 35.5. The van der Waals surface area contributed by atoms with E-state index in [-0.39, 0.29) is 5.91 Å². The maximum absolute atomic E-state index is 13.0. The van der Waals surface area contributed by atoms with Crippen molar-refractivity contribution < 1.29 is 4.79 Å². The van der Waals surface area contributed by atoms with Gasteiger partial charge in [-0.15, -0.1) is 11.3 Å². The van der Waals surface area contributed by atoms with Gasteiger partial charge in [0, 0.05) is 6.54 Å². The number of carbonyl (C=O) groups is 1. The van der Waals surface area contributed by atoms with Crippen LogP contribution in [0, 0.1) is 6.92 Å². The average Bonchev–Trinajstić information content (AvgIpc) is 3.16. The molecule has 0 saturated carbocycles. The highest BCUT2D eigenvalue weighted by Crippen LogP contribution is 2.32. The van der Waals surface area contributed by atoms with Gasteiger partial charge >= 0.3 is 0 Å². The van der Waals surface area contributed by atoms with Gasteiger partial charge in [0.1, 0.15) is 0 Å². The van der Waals surface area contributed by atoms with Crippen LogP contribution >= 0.6 is 34.3 Å². The van der Waals surface area contributed by atoms with E-state index in [1.165, 1.54) is 16.9 Å². The minimum absolute atomic E-state index is 0.0357. The third-order valence-electron chi connectivity index (χ3n) is 3.78. The van der Waals surface area contributed by atoms with E-state index in [1.54, 1.807) is 28.4 Å². The van der Waals surface area contributed by atoms with Crippen LogP contribution in [-0.4, -0.2) is 43.0 Å². The number of thiophene rings is 1. The lowest BCUT2D eigenvalue weighted by molar-refractivity contribution is 0.0990. The second kappa shape index (κ2) is 7.83. The number of carbonyl (C=O) groups excluding carboxylic acids is 1. The number of thiazole rings is 1. The SMILES string of the molecule is Cc1ccc2nc(N(CCCN(C)C)C(=O)c3ccc(Cl)s3)sc2c1. The summed E-state index contributed by atoms with van der Waals surface area (Å²) in [5.74, 6) is -0.0357. The van der Waals surface area contributed by atoms with Crippen molar-refractivity contribution in [1.82, 2.24) is 9.88 Å². The maximum atomic E-state index is 13.0. The number of hydrogen-bond acceptors (Lipinski definition) is 5. The standard InChI is InChI=1S/C18H20ClN3OS2/c1-12-5-6-13-15(11-12)25-18(20-13)22(10-4-9-21(2)3)17(23)14-7-8-16(19)24-14/h5-8,11H,4,9-10H2,1-3H3. The van der Waals surface area contributed by atoms with E-state index in [0.717, 1.165) is 28.3 Å². The fraction of sp³-hybridized carbons (Fsp3) is 0.333. The number of rotatable bonds is 6. The molecule has 0 N–H and O–H groups in total. The highest BCUT2D eigenvalue weighted by molar-refractivity contribution is 7.22. The molecule has 132 valence electrons.